The molecular formula is C22H23FN2O3S. The van der Waals surface area contributed by atoms with Crippen molar-refractivity contribution in [2.24, 2.45) is 5.92 Å². The number of thioether (sulfide) groups is 1. The van der Waals surface area contributed by atoms with Crippen LogP contribution in [0.5, 0.6) is 0 Å². The molecule has 0 radical (unpaired) electrons. The number of carbonyl (C=O) groups excluding carboxylic acids is 1. The average Bonchev–Trinajstić information content (AvgIpc) is 2.68. The monoisotopic (exact) mass is 414 g/mol. The van der Waals surface area contributed by atoms with Gasteiger partial charge in [0, 0.05) is 35.9 Å². The van der Waals surface area contributed by atoms with Gasteiger partial charge < -0.3 is 4.74 Å². The van der Waals surface area contributed by atoms with Crippen LogP contribution in [0.25, 0.3) is 0 Å². The van der Waals surface area contributed by atoms with E-state index in [0.29, 0.717) is 18.0 Å². The smallest absolute Gasteiger partial charge is 0.274 e. The van der Waals surface area contributed by atoms with Crippen LogP contribution in [-0.2, 0) is 17.7 Å². The predicted octanol–water partition coefficient (Wildman–Crippen LogP) is 3.18. The van der Waals surface area contributed by atoms with Crippen LogP contribution in [0.3, 0.4) is 0 Å². The van der Waals surface area contributed by atoms with E-state index < -0.39 is 5.91 Å². The molecule has 0 aromatic heterocycles. The van der Waals surface area contributed by atoms with Crippen molar-refractivity contribution in [2.75, 3.05) is 25.5 Å². The Labute approximate surface area is 173 Å². The first-order valence-corrected chi connectivity index (χ1v) is 10.9. The molecule has 3 aliphatic heterocycles. The van der Waals surface area contributed by atoms with Crippen molar-refractivity contribution in [1.82, 2.24) is 10.4 Å². The third-order valence-corrected chi connectivity index (χ3v) is 8.03. The van der Waals surface area contributed by atoms with Gasteiger partial charge in [0.05, 0.1) is 24.0 Å². The van der Waals surface area contributed by atoms with Crippen LogP contribution in [0.4, 0.5) is 4.39 Å². The minimum absolute atomic E-state index is 0.0266. The van der Waals surface area contributed by atoms with Gasteiger partial charge in [-0.3, -0.25) is 14.9 Å². The van der Waals surface area contributed by atoms with Crippen molar-refractivity contribution in [3.8, 4) is 0 Å². The number of nitrogens with one attached hydrogen (secondary N) is 1. The van der Waals surface area contributed by atoms with E-state index in [1.807, 2.05) is 18.2 Å². The average molecular weight is 415 g/mol. The molecule has 3 heterocycles. The van der Waals surface area contributed by atoms with E-state index in [9.17, 15) is 4.79 Å². The minimum Gasteiger partial charge on any atom is -0.381 e. The molecule has 5 nitrogen and oxygen atoms in total. The lowest BCUT2D eigenvalue weighted by Gasteiger charge is -2.60. The van der Waals surface area contributed by atoms with Crippen LogP contribution in [0.2, 0.25) is 0 Å². The van der Waals surface area contributed by atoms with Crippen LogP contribution in [0.1, 0.15) is 32.3 Å². The zero-order valence-electron chi connectivity index (χ0n) is 15.9. The maximum Gasteiger partial charge on any atom is 0.274 e. The number of carbonyl (C=O) groups is 1. The van der Waals surface area contributed by atoms with E-state index >= 15 is 4.39 Å². The highest BCUT2D eigenvalue weighted by Crippen LogP contribution is 2.59. The molecular weight excluding hydrogens is 391 g/mol. The van der Waals surface area contributed by atoms with Crippen molar-refractivity contribution in [1.29, 1.82) is 0 Å². The molecule has 2 saturated heterocycles. The summed E-state index contributed by atoms with van der Waals surface area (Å²) in [5.41, 5.74) is 4.44. The van der Waals surface area contributed by atoms with E-state index in [2.05, 4.69) is 17.0 Å². The zero-order chi connectivity index (χ0) is 20.0. The molecule has 5 rings (SSSR count). The second-order valence-electron chi connectivity index (χ2n) is 8.21. The molecule has 0 aliphatic carbocycles. The van der Waals surface area contributed by atoms with Crippen molar-refractivity contribution in [3.63, 3.8) is 0 Å². The summed E-state index contributed by atoms with van der Waals surface area (Å²) in [6.07, 6.45) is 0.872. The second kappa shape index (κ2) is 7.40. The number of halogens is 1. The van der Waals surface area contributed by atoms with Crippen molar-refractivity contribution in [3.05, 3.63) is 70.5 Å². The quantitative estimate of drug-likeness (QED) is 0.581. The van der Waals surface area contributed by atoms with Gasteiger partial charge in [-0.15, -0.1) is 11.8 Å². The normalized spacial score (nSPS) is 26.1. The van der Waals surface area contributed by atoms with Crippen LogP contribution in [0.15, 0.2) is 42.5 Å². The van der Waals surface area contributed by atoms with Gasteiger partial charge in [0.25, 0.3) is 5.91 Å². The summed E-state index contributed by atoms with van der Waals surface area (Å²) in [6, 6.07) is 13.4. The van der Waals surface area contributed by atoms with Gasteiger partial charge in [-0.1, -0.05) is 30.3 Å². The summed E-state index contributed by atoms with van der Waals surface area (Å²) in [4.78, 5) is 14.4. The summed E-state index contributed by atoms with van der Waals surface area (Å²) < 4.78 is 20.5. The molecule has 7 heteroatoms. The maximum atomic E-state index is 15.1. The number of ether oxygens (including phenoxy) is 1. The molecule has 29 heavy (non-hydrogen) atoms. The molecule has 1 unspecified atom stereocenters. The van der Waals surface area contributed by atoms with E-state index in [-0.39, 0.29) is 22.2 Å². The van der Waals surface area contributed by atoms with Gasteiger partial charge in [0.15, 0.2) is 0 Å². The Kier molecular flexibility index (Phi) is 4.86. The Morgan fingerprint density at radius 2 is 2.10 bits per heavy atom. The van der Waals surface area contributed by atoms with Crippen LogP contribution >= 0.6 is 11.8 Å². The second-order valence-corrected chi connectivity index (χ2v) is 9.31. The first-order chi connectivity index (χ1) is 14.1. The highest BCUT2D eigenvalue weighted by atomic mass is 32.2. The highest BCUT2D eigenvalue weighted by molar-refractivity contribution is 8.01. The number of fused-ring (bicyclic) bond motifs is 3. The first kappa shape index (κ1) is 19.1. The van der Waals surface area contributed by atoms with Crippen molar-refractivity contribution >= 4 is 17.7 Å². The SMILES string of the molecule is O=C(NO)c1cc(F)c2c(c1)CN(CC1COC1)[C@]1(Cc3ccccc3)CSC21. The van der Waals surface area contributed by atoms with Crippen LogP contribution < -0.4 is 5.48 Å². The van der Waals surface area contributed by atoms with Crippen molar-refractivity contribution < 1.29 is 19.1 Å². The number of nitrogens with zero attached hydrogens (tertiary/aromatic N) is 1. The van der Waals surface area contributed by atoms with E-state index in [4.69, 9.17) is 9.94 Å². The lowest BCUT2D eigenvalue weighted by molar-refractivity contribution is -0.0674. The highest BCUT2D eigenvalue weighted by Gasteiger charge is 2.56. The number of hydroxylamine groups is 1. The Balaban J connectivity index is 1.55. The summed E-state index contributed by atoms with van der Waals surface area (Å²) in [6.45, 7) is 3.04. The van der Waals surface area contributed by atoms with Gasteiger partial charge in [0.1, 0.15) is 5.82 Å². The lowest BCUT2D eigenvalue weighted by Crippen LogP contribution is -2.65. The van der Waals surface area contributed by atoms with Gasteiger partial charge in [-0.2, -0.15) is 0 Å². The molecule has 2 aromatic rings. The Hall–Kier alpha value is -1.93. The van der Waals surface area contributed by atoms with Crippen LogP contribution in [-0.4, -0.2) is 47.1 Å². The van der Waals surface area contributed by atoms with Gasteiger partial charge in [0.2, 0.25) is 0 Å². The van der Waals surface area contributed by atoms with E-state index in [0.717, 1.165) is 37.5 Å². The maximum absolute atomic E-state index is 15.1. The summed E-state index contributed by atoms with van der Waals surface area (Å²) in [7, 11) is 0. The number of hydrogen-bond acceptors (Lipinski definition) is 5. The molecule has 152 valence electrons. The summed E-state index contributed by atoms with van der Waals surface area (Å²) >= 11 is 1.78. The number of rotatable bonds is 5. The fourth-order valence-corrected chi connectivity index (χ4v) is 6.44. The fraction of sp³-hybridized carbons (Fsp3) is 0.409. The summed E-state index contributed by atoms with van der Waals surface area (Å²) in [5, 5.41) is 8.98. The van der Waals surface area contributed by atoms with Gasteiger partial charge in [-0.25, -0.2) is 9.87 Å². The summed E-state index contributed by atoms with van der Waals surface area (Å²) in [5.74, 6) is 0.400. The van der Waals surface area contributed by atoms with E-state index in [1.165, 1.54) is 11.6 Å². The Bertz CT molecular complexity index is 937. The molecule has 2 N–H and O–H groups in total. The van der Waals surface area contributed by atoms with Gasteiger partial charge in [-0.05, 0) is 29.7 Å². The van der Waals surface area contributed by atoms with Crippen molar-refractivity contribution in [2.45, 2.75) is 23.8 Å². The number of amides is 1. The zero-order valence-corrected chi connectivity index (χ0v) is 16.8. The van der Waals surface area contributed by atoms with E-state index in [1.54, 1.807) is 23.3 Å². The molecule has 0 bridgehead atoms. The molecule has 2 fully saturated rings. The fourth-order valence-electron chi connectivity index (χ4n) is 4.78. The molecule has 1 amide bonds. The molecule has 2 atom stereocenters. The Morgan fingerprint density at radius 3 is 2.72 bits per heavy atom. The third kappa shape index (κ3) is 3.17. The minimum atomic E-state index is -0.687. The topological polar surface area (TPSA) is 61.8 Å². The molecule has 0 saturated carbocycles. The predicted molar refractivity (Wildman–Crippen MR) is 108 cm³/mol. The molecule has 0 spiro atoms. The lowest BCUT2D eigenvalue weighted by atomic mass is 9.77. The number of benzene rings is 2. The van der Waals surface area contributed by atoms with Crippen LogP contribution in [0, 0.1) is 11.7 Å². The standard InChI is InChI=1S/C22H23FN2O3S/c23-18-7-16(21(26)24-27)6-17-10-25(9-15-11-28-12-15)22(13-29-20(22)19(17)18)8-14-4-2-1-3-5-14/h1-7,15,20,27H,8-13H2,(H,24,26)/t20?,22-/m1/s1. The molecule has 3 aliphatic rings. The first-order valence-electron chi connectivity index (χ1n) is 9.86. The number of hydrogen-bond donors (Lipinski definition) is 2. The Morgan fingerprint density at radius 1 is 1.31 bits per heavy atom. The third-order valence-electron chi connectivity index (χ3n) is 6.36. The largest absolute Gasteiger partial charge is 0.381 e. The van der Waals surface area contributed by atoms with Gasteiger partial charge >= 0.3 is 0 Å². The molecule has 2 aromatic carbocycles.